The normalized spacial score (nSPS) is 10.7. The molecule has 0 fully saturated rings. The molecule has 0 unspecified atom stereocenters. The number of nitrogens with one attached hydrogen (secondary N) is 1. The van der Waals surface area contributed by atoms with Crippen molar-refractivity contribution in [2.75, 3.05) is 5.32 Å². The van der Waals surface area contributed by atoms with Crippen molar-refractivity contribution in [3.05, 3.63) is 47.5 Å². The van der Waals surface area contributed by atoms with Gasteiger partial charge in [0.15, 0.2) is 0 Å². The molecule has 7 heteroatoms. The molecular formula is C13H11N3O4. The molecular weight excluding hydrogens is 262 g/mol. The molecule has 2 rings (SSSR count). The van der Waals surface area contributed by atoms with Crippen LogP contribution >= 0.6 is 0 Å². The standard InChI is InChI=1S/C13H11N3O4/c1-8-10(7-14-20-8)13(19)16-11-4-2-3-9(15-11)5-6-12(17)18/h2-7H,1H3,(H,17,18)(H,15,16,19). The van der Waals surface area contributed by atoms with Gasteiger partial charge in [-0.15, -0.1) is 0 Å². The van der Waals surface area contributed by atoms with Crippen molar-refractivity contribution >= 4 is 23.8 Å². The van der Waals surface area contributed by atoms with Crippen molar-refractivity contribution in [3.8, 4) is 0 Å². The average molecular weight is 273 g/mol. The van der Waals surface area contributed by atoms with E-state index in [4.69, 9.17) is 9.63 Å². The maximum absolute atomic E-state index is 11.9. The van der Waals surface area contributed by atoms with E-state index in [-0.39, 0.29) is 0 Å². The zero-order valence-electron chi connectivity index (χ0n) is 10.5. The number of amides is 1. The number of carboxylic acid groups (broad SMARTS) is 1. The molecule has 0 spiro atoms. The maximum atomic E-state index is 11.9. The second-order valence-electron chi connectivity index (χ2n) is 3.87. The molecule has 7 nitrogen and oxygen atoms in total. The van der Waals surface area contributed by atoms with E-state index in [0.717, 1.165) is 6.08 Å². The molecule has 0 aromatic carbocycles. The molecule has 0 aliphatic heterocycles. The number of hydrogen-bond donors (Lipinski definition) is 2. The quantitative estimate of drug-likeness (QED) is 0.822. The van der Waals surface area contributed by atoms with Crippen molar-refractivity contribution < 1.29 is 19.2 Å². The van der Waals surface area contributed by atoms with Gasteiger partial charge in [-0.2, -0.15) is 0 Å². The molecule has 2 aromatic heterocycles. The number of carbonyl (C=O) groups excluding carboxylic acids is 1. The second-order valence-corrected chi connectivity index (χ2v) is 3.87. The Hall–Kier alpha value is -2.96. The van der Waals surface area contributed by atoms with Crippen LogP contribution in [0.1, 0.15) is 21.8 Å². The van der Waals surface area contributed by atoms with E-state index in [9.17, 15) is 9.59 Å². The fraction of sp³-hybridized carbons (Fsp3) is 0.0769. The second kappa shape index (κ2) is 5.79. The highest BCUT2D eigenvalue weighted by Crippen LogP contribution is 2.11. The smallest absolute Gasteiger partial charge is 0.328 e. The number of aryl methyl sites for hydroxylation is 1. The number of pyridine rings is 1. The van der Waals surface area contributed by atoms with Gasteiger partial charge in [0.25, 0.3) is 5.91 Å². The SMILES string of the molecule is Cc1oncc1C(=O)Nc1cccc(C=CC(=O)O)n1. The van der Waals surface area contributed by atoms with Gasteiger partial charge in [-0.25, -0.2) is 9.78 Å². The largest absolute Gasteiger partial charge is 0.478 e. The zero-order chi connectivity index (χ0) is 14.5. The van der Waals surface area contributed by atoms with Crippen LogP contribution in [0.25, 0.3) is 6.08 Å². The number of aliphatic carboxylic acids is 1. The Morgan fingerprint density at radius 2 is 2.20 bits per heavy atom. The summed E-state index contributed by atoms with van der Waals surface area (Å²) >= 11 is 0. The molecule has 0 aliphatic carbocycles. The highest BCUT2D eigenvalue weighted by Gasteiger charge is 2.13. The number of carboxylic acids is 1. The Morgan fingerprint density at radius 1 is 1.40 bits per heavy atom. The maximum Gasteiger partial charge on any atom is 0.328 e. The predicted octanol–water partition coefficient (Wildman–Crippen LogP) is 1.73. The molecule has 2 heterocycles. The molecule has 0 radical (unpaired) electrons. The van der Waals surface area contributed by atoms with E-state index < -0.39 is 11.9 Å². The van der Waals surface area contributed by atoms with Crippen molar-refractivity contribution in [3.63, 3.8) is 0 Å². The van der Waals surface area contributed by atoms with E-state index in [0.29, 0.717) is 22.8 Å². The van der Waals surface area contributed by atoms with Crippen LogP contribution in [0, 0.1) is 6.92 Å². The average Bonchev–Trinajstić information content (AvgIpc) is 2.83. The minimum atomic E-state index is -1.07. The van der Waals surface area contributed by atoms with E-state index in [2.05, 4.69) is 15.5 Å². The van der Waals surface area contributed by atoms with Gasteiger partial charge in [0.2, 0.25) is 0 Å². The van der Waals surface area contributed by atoms with Gasteiger partial charge >= 0.3 is 5.97 Å². The van der Waals surface area contributed by atoms with Crippen LogP contribution in [0.15, 0.2) is 35.0 Å². The summed E-state index contributed by atoms with van der Waals surface area (Å²) in [7, 11) is 0. The zero-order valence-corrected chi connectivity index (χ0v) is 10.5. The Morgan fingerprint density at radius 3 is 2.85 bits per heavy atom. The lowest BCUT2D eigenvalue weighted by atomic mass is 10.2. The molecule has 0 saturated carbocycles. The minimum absolute atomic E-state index is 0.308. The van der Waals surface area contributed by atoms with Gasteiger partial charge in [-0.3, -0.25) is 4.79 Å². The molecule has 0 bridgehead atoms. The highest BCUT2D eigenvalue weighted by atomic mass is 16.5. The van der Waals surface area contributed by atoms with Crippen LogP contribution in [-0.4, -0.2) is 27.1 Å². The third kappa shape index (κ3) is 3.29. The third-order valence-electron chi connectivity index (χ3n) is 2.40. The summed E-state index contributed by atoms with van der Waals surface area (Å²) in [5.74, 6) is -0.746. The molecule has 0 aliphatic rings. The monoisotopic (exact) mass is 273 g/mol. The molecule has 2 N–H and O–H groups in total. The first-order chi connectivity index (χ1) is 9.56. The molecule has 1 amide bonds. The number of carbonyl (C=O) groups is 2. The topological polar surface area (TPSA) is 105 Å². The van der Waals surface area contributed by atoms with Crippen molar-refractivity contribution in [2.45, 2.75) is 6.92 Å². The summed E-state index contributed by atoms with van der Waals surface area (Å²) in [4.78, 5) is 26.4. The van der Waals surface area contributed by atoms with Crippen LogP contribution < -0.4 is 5.32 Å². The number of hydrogen-bond acceptors (Lipinski definition) is 5. The lowest BCUT2D eigenvalue weighted by molar-refractivity contribution is -0.131. The Bertz CT molecular complexity index is 676. The van der Waals surface area contributed by atoms with E-state index in [1.54, 1.807) is 25.1 Å². The van der Waals surface area contributed by atoms with Crippen LogP contribution in [0.4, 0.5) is 5.82 Å². The van der Waals surface area contributed by atoms with Crippen molar-refractivity contribution in [2.24, 2.45) is 0 Å². The van der Waals surface area contributed by atoms with E-state index in [1.165, 1.54) is 12.3 Å². The van der Waals surface area contributed by atoms with Crippen LogP contribution in [0.2, 0.25) is 0 Å². The molecule has 0 saturated heterocycles. The van der Waals surface area contributed by atoms with Gasteiger partial charge in [0, 0.05) is 6.08 Å². The number of nitrogens with zero attached hydrogens (tertiary/aromatic N) is 2. The van der Waals surface area contributed by atoms with Crippen LogP contribution in [0.3, 0.4) is 0 Å². The van der Waals surface area contributed by atoms with Crippen molar-refractivity contribution in [1.82, 2.24) is 10.1 Å². The molecule has 2 aromatic rings. The summed E-state index contributed by atoms with van der Waals surface area (Å²) in [6, 6.07) is 4.88. The van der Waals surface area contributed by atoms with E-state index in [1.807, 2.05) is 0 Å². The molecule has 20 heavy (non-hydrogen) atoms. The Kier molecular flexibility index (Phi) is 3.90. The first-order valence-electron chi connectivity index (χ1n) is 5.67. The highest BCUT2D eigenvalue weighted by molar-refractivity contribution is 6.04. The van der Waals surface area contributed by atoms with Gasteiger partial charge < -0.3 is 14.9 Å². The summed E-state index contributed by atoms with van der Waals surface area (Å²) in [6.07, 6.45) is 3.62. The van der Waals surface area contributed by atoms with Crippen LogP contribution in [-0.2, 0) is 4.79 Å². The Balaban J connectivity index is 2.14. The number of aromatic nitrogens is 2. The van der Waals surface area contributed by atoms with Gasteiger partial charge in [0.1, 0.15) is 17.1 Å². The summed E-state index contributed by atoms with van der Waals surface area (Å²) in [5, 5.41) is 14.6. The fourth-order valence-corrected chi connectivity index (χ4v) is 1.47. The lowest BCUT2D eigenvalue weighted by Gasteiger charge is -2.03. The van der Waals surface area contributed by atoms with Gasteiger partial charge in [0.05, 0.1) is 11.9 Å². The van der Waals surface area contributed by atoms with Crippen LogP contribution in [0.5, 0.6) is 0 Å². The van der Waals surface area contributed by atoms with Crippen molar-refractivity contribution in [1.29, 1.82) is 0 Å². The first kappa shape index (κ1) is 13.5. The number of rotatable bonds is 4. The first-order valence-corrected chi connectivity index (χ1v) is 5.67. The summed E-state index contributed by atoms with van der Waals surface area (Å²) < 4.78 is 4.80. The van der Waals surface area contributed by atoms with Gasteiger partial charge in [-0.05, 0) is 25.1 Å². The number of anilines is 1. The fourth-order valence-electron chi connectivity index (χ4n) is 1.47. The summed E-state index contributed by atoms with van der Waals surface area (Å²) in [5.41, 5.74) is 0.741. The molecule has 102 valence electrons. The lowest BCUT2D eigenvalue weighted by Crippen LogP contribution is -2.13. The Labute approximate surface area is 113 Å². The van der Waals surface area contributed by atoms with E-state index >= 15 is 0 Å². The molecule has 0 atom stereocenters. The minimum Gasteiger partial charge on any atom is -0.478 e. The predicted molar refractivity (Wildman–Crippen MR) is 70.1 cm³/mol. The van der Waals surface area contributed by atoms with Gasteiger partial charge in [-0.1, -0.05) is 11.2 Å². The third-order valence-corrected chi connectivity index (χ3v) is 2.40. The summed E-state index contributed by atoms with van der Waals surface area (Å²) in [6.45, 7) is 1.63.